The molecule has 0 fully saturated rings. The van der Waals surface area contributed by atoms with E-state index >= 15 is 0 Å². The smallest absolute Gasteiger partial charge is 0.291 e. The standard InChI is InChI=1S/C18H15N9OS/c1-10-8-11(2)26-18(20-10)21-16(25-26)17(28)19-9-15-23-22-14-6-5-12(24-27(14)15)13-4-3-7-29-13/h3-8H,9H2,1-2H3,(H,19,28). The van der Waals surface area contributed by atoms with Gasteiger partial charge in [0.1, 0.15) is 5.69 Å². The third kappa shape index (κ3) is 3.10. The molecule has 0 saturated heterocycles. The van der Waals surface area contributed by atoms with E-state index in [2.05, 4.69) is 35.7 Å². The molecule has 0 aliphatic carbocycles. The van der Waals surface area contributed by atoms with Gasteiger partial charge in [0.05, 0.1) is 11.4 Å². The molecule has 5 aromatic heterocycles. The highest BCUT2D eigenvalue weighted by atomic mass is 32.1. The maximum absolute atomic E-state index is 12.5. The lowest BCUT2D eigenvalue weighted by Gasteiger charge is -2.02. The SMILES string of the molecule is Cc1cc(C)n2nc(C(=O)NCc3nnc4ccc(-c5cccs5)nn34)nc2n1. The van der Waals surface area contributed by atoms with Crippen LogP contribution in [0.15, 0.2) is 35.7 Å². The zero-order valence-electron chi connectivity index (χ0n) is 15.6. The number of aromatic nitrogens is 8. The second-order valence-electron chi connectivity index (χ2n) is 6.45. The van der Waals surface area contributed by atoms with Gasteiger partial charge in [-0.3, -0.25) is 4.79 Å². The minimum Gasteiger partial charge on any atom is -0.342 e. The van der Waals surface area contributed by atoms with Crippen LogP contribution in [0.3, 0.4) is 0 Å². The summed E-state index contributed by atoms with van der Waals surface area (Å²) in [7, 11) is 0. The fraction of sp³-hybridized carbons (Fsp3) is 0.167. The van der Waals surface area contributed by atoms with Crippen molar-refractivity contribution in [2.45, 2.75) is 20.4 Å². The predicted molar refractivity (Wildman–Crippen MR) is 106 cm³/mol. The van der Waals surface area contributed by atoms with Crippen LogP contribution < -0.4 is 5.32 Å². The first-order chi connectivity index (χ1) is 14.1. The highest BCUT2D eigenvalue weighted by molar-refractivity contribution is 7.13. The summed E-state index contributed by atoms with van der Waals surface area (Å²) < 4.78 is 3.17. The molecular weight excluding hydrogens is 390 g/mol. The molecule has 10 nitrogen and oxygen atoms in total. The maximum Gasteiger partial charge on any atom is 0.291 e. The van der Waals surface area contributed by atoms with Crippen molar-refractivity contribution in [3.8, 4) is 10.6 Å². The Morgan fingerprint density at radius 2 is 2.00 bits per heavy atom. The molecule has 1 N–H and O–H groups in total. The number of hydrogen-bond donors (Lipinski definition) is 1. The second-order valence-corrected chi connectivity index (χ2v) is 7.40. The van der Waals surface area contributed by atoms with Gasteiger partial charge in [0.15, 0.2) is 11.5 Å². The van der Waals surface area contributed by atoms with Crippen LogP contribution in [-0.2, 0) is 6.54 Å². The zero-order valence-corrected chi connectivity index (χ0v) is 16.4. The predicted octanol–water partition coefficient (Wildman–Crippen LogP) is 1.84. The lowest BCUT2D eigenvalue weighted by atomic mass is 10.3. The fourth-order valence-corrected chi connectivity index (χ4v) is 3.69. The number of thiophene rings is 1. The molecule has 0 radical (unpaired) electrons. The Labute approximate surface area is 168 Å². The van der Waals surface area contributed by atoms with E-state index in [1.165, 1.54) is 0 Å². The molecule has 11 heteroatoms. The average Bonchev–Trinajstić information content (AvgIpc) is 3.44. The van der Waals surface area contributed by atoms with E-state index in [1.54, 1.807) is 20.4 Å². The number of hydrogen-bond acceptors (Lipinski definition) is 8. The van der Waals surface area contributed by atoms with Crippen LogP contribution in [0.25, 0.3) is 22.0 Å². The van der Waals surface area contributed by atoms with E-state index in [-0.39, 0.29) is 12.4 Å². The van der Waals surface area contributed by atoms with Crippen molar-refractivity contribution in [2.24, 2.45) is 0 Å². The molecule has 29 heavy (non-hydrogen) atoms. The largest absolute Gasteiger partial charge is 0.342 e. The maximum atomic E-state index is 12.5. The van der Waals surface area contributed by atoms with E-state index in [0.29, 0.717) is 17.2 Å². The van der Waals surface area contributed by atoms with E-state index in [1.807, 2.05) is 49.6 Å². The molecule has 0 atom stereocenters. The van der Waals surface area contributed by atoms with E-state index in [4.69, 9.17) is 0 Å². The highest BCUT2D eigenvalue weighted by Crippen LogP contribution is 2.22. The normalized spacial score (nSPS) is 11.4. The van der Waals surface area contributed by atoms with Crippen LogP contribution in [0.2, 0.25) is 0 Å². The van der Waals surface area contributed by atoms with E-state index in [0.717, 1.165) is 22.0 Å². The van der Waals surface area contributed by atoms with Gasteiger partial charge in [-0.1, -0.05) is 6.07 Å². The van der Waals surface area contributed by atoms with Gasteiger partial charge in [-0.2, -0.15) is 14.6 Å². The van der Waals surface area contributed by atoms with Gasteiger partial charge in [-0.15, -0.1) is 26.6 Å². The van der Waals surface area contributed by atoms with Crippen molar-refractivity contribution in [3.63, 3.8) is 0 Å². The molecular formula is C18H15N9OS. The number of fused-ring (bicyclic) bond motifs is 2. The van der Waals surface area contributed by atoms with Crippen molar-refractivity contribution in [2.75, 3.05) is 0 Å². The van der Waals surface area contributed by atoms with E-state index in [9.17, 15) is 4.79 Å². The topological polar surface area (TPSA) is 115 Å². The van der Waals surface area contributed by atoms with E-state index < -0.39 is 5.91 Å². The Hall–Kier alpha value is -3.73. The second kappa shape index (κ2) is 6.71. The molecule has 0 aliphatic rings. The molecule has 144 valence electrons. The van der Waals surface area contributed by atoms with Gasteiger partial charge in [-0.25, -0.2) is 9.50 Å². The summed E-state index contributed by atoms with van der Waals surface area (Å²) >= 11 is 1.60. The van der Waals surface area contributed by atoms with Gasteiger partial charge in [-0.05, 0) is 43.5 Å². The molecule has 0 spiro atoms. The first-order valence-corrected chi connectivity index (χ1v) is 9.71. The third-order valence-electron chi connectivity index (χ3n) is 4.33. The van der Waals surface area contributed by atoms with Crippen LogP contribution in [-0.4, -0.2) is 45.3 Å². The van der Waals surface area contributed by atoms with Gasteiger partial charge >= 0.3 is 0 Å². The first kappa shape index (κ1) is 17.4. The van der Waals surface area contributed by atoms with Crippen LogP contribution in [0, 0.1) is 13.8 Å². The Bertz CT molecular complexity index is 1350. The lowest BCUT2D eigenvalue weighted by Crippen LogP contribution is -2.25. The molecule has 0 unspecified atom stereocenters. The molecule has 0 saturated carbocycles. The molecule has 0 aliphatic heterocycles. The van der Waals surface area contributed by atoms with Gasteiger partial charge in [0.2, 0.25) is 5.82 Å². The van der Waals surface area contributed by atoms with Crippen molar-refractivity contribution < 1.29 is 4.79 Å². The quantitative estimate of drug-likeness (QED) is 0.485. The summed E-state index contributed by atoms with van der Waals surface area (Å²) in [6.45, 7) is 3.90. The fourth-order valence-electron chi connectivity index (χ4n) is 3.00. The number of nitrogens with zero attached hydrogens (tertiary/aromatic N) is 8. The summed E-state index contributed by atoms with van der Waals surface area (Å²) in [6, 6.07) is 9.59. The monoisotopic (exact) mass is 405 g/mol. The Balaban J connectivity index is 1.39. The number of amides is 1. The van der Waals surface area contributed by atoms with Gasteiger partial charge in [0, 0.05) is 11.4 Å². The van der Waals surface area contributed by atoms with Crippen LogP contribution >= 0.6 is 11.3 Å². The minimum atomic E-state index is -0.418. The molecule has 0 aromatic carbocycles. The first-order valence-electron chi connectivity index (χ1n) is 8.83. The van der Waals surface area contributed by atoms with Crippen molar-refractivity contribution in [3.05, 3.63) is 58.7 Å². The zero-order chi connectivity index (χ0) is 20.0. The number of aryl methyl sites for hydroxylation is 2. The van der Waals surface area contributed by atoms with Gasteiger partial charge < -0.3 is 5.32 Å². The Morgan fingerprint density at radius 1 is 1.10 bits per heavy atom. The Kier molecular flexibility index (Phi) is 4.02. The van der Waals surface area contributed by atoms with Gasteiger partial charge in [0.25, 0.3) is 11.7 Å². The molecule has 5 aromatic rings. The average molecular weight is 405 g/mol. The number of rotatable bonds is 4. The third-order valence-corrected chi connectivity index (χ3v) is 5.22. The molecule has 0 bridgehead atoms. The Morgan fingerprint density at radius 3 is 2.83 bits per heavy atom. The summed E-state index contributed by atoms with van der Waals surface area (Å²) in [5.74, 6) is 0.537. The molecule has 5 rings (SSSR count). The number of nitrogens with one attached hydrogen (secondary N) is 1. The van der Waals surface area contributed by atoms with Crippen molar-refractivity contribution in [1.29, 1.82) is 0 Å². The van der Waals surface area contributed by atoms with Crippen molar-refractivity contribution >= 4 is 28.7 Å². The minimum absolute atomic E-state index is 0.0484. The molecule has 1 amide bonds. The summed E-state index contributed by atoms with van der Waals surface area (Å²) in [5, 5.41) is 21.8. The summed E-state index contributed by atoms with van der Waals surface area (Å²) in [5.41, 5.74) is 3.10. The molecule has 5 heterocycles. The highest BCUT2D eigenvalue weighted by Gasteiger charge is 2.16. The van der Waals surface area contributed by atoms with Crippen molar-refractivity contribution in [1.82, 2.24) is 44.7 Å². The van der Waals surface area contributed by atoms with Crippen LogP contribution in [0.1, 0.15) is 27.8 Å². The van der Waals surface area contributed by atoms with Crippen LogP contribution in [0.4, 0.5) is 0 Å². The number of carbonyl (C=O) groups excluding carboxylic acids is 1. The summed E-state index contributed by atoms with van der Waals surface area (Å²) in [4.78, 5) is 22.1. The lowest BCUT2D eigenvalue weighted by molar-refractivity contribution is 0.0939. The number of carbonyl (C=O) groups is 1. The van der Waals surface area contributed by atoms with Crippen LogP contribution in [0.5, 0.6) is 0 Å². The summed E-state index contributed by atoms with van der Waals surface area (Å²) in [6.07, 6.45) is 0.